The van der Waals surface area contributed by atoms with E-state index in [2.05, 4.69) is 6.92 Å². The largest absolute Gasteiger partial charge is 0.123 e. The van der Waals surface area contributed by atoms with Crippen LogP contribution in [-0.4, -0.2) is 5.38 Å². The van der Waals surface area contributed by atoms with Crippen molar-refractivity contribution < 1.29 is 0 Å². The average molecular weight is 187 g/mol. The Morgan fingerprint density at radius 1 is 1.00 bits per heavy atom. The number of alkyl halides is 1. The Labute approximate surface area is 80.7 Å². The van der Waals surface area contributed by atoms with Gasteiger partial charge in [-0.2, -0.15) is 0 Å². The van der Waals surface area contributed by atoms with Gasteiger partial charge in [-0.3, -0.25) is 0 Å². The minimum atomic E-state index is 0.482. The molecule has 0 N–H and O–H groups in total. The molecular formula is C11H19Cl. The highest BCUT2D eigenvalue weighted by atomic mass is 35.5. The van der Waals surface area contributed by atoms with E-state index in [1.807, 2.05) is 0 Å². The van der Waals surface area contributed by atoms with Gasteiger partial charge in [-0.1, -0.05) is 32.6 Å². The first kappa shape index (κ1) is 8.87. The molecule has 0 aliphatic heterocycles. The maximum Gasteiger partial charge on any atom is 0.0364 e. The second-order valence-electron chi connectivity index (χ2n) is 4.66. The zero-order chi connectivity index (χ0) is 8.55. The lowest BCUT2D eigenvalue weighted by Gasteiger charge is -2.23. The van der Waals surface area contributed by atoms with E-state index in [4.69, 9.17) is 11.6 Å². The highest BCUT2D eigenvalue weighted by Gasteiger charge is 2.37. The van der Waals surface area contributed by atoms with Crippen LogP contribution in [0.15, 0.2) is 0 Å². The van der Waals surface area contributed by atoms with Gasteiger partial charge < -0.3 is 0 Å². The quantitative estimate of drug-likeness (QED) is 0.546. The Bertz CT molecular complexity index is 149. The highest BCUT2D eigenvalue weighted by molar-refractivity contribution is 6.20. The van der Waals surface area contributed by atoms with Gasteiger partial charge in [0, 0.05) is 5.38 Å². The Hall–Kier alpha value is 0.290. The van der Waals surface area contributed by atoms with Crippen LogP contribution in [0.3, 0.4) is 0 Å². The normalized spacial score (nSPS) is 44.0. The molecule has 0 nitrogen and oxygen atoms in total. The number of halogens is 1. The van der Waals surface area contributed by atoms with Gasteiger partial charge in [0.25, 0.3) is 0 Å². The minimum absolute atomic E-state index is 0.482. The first-order valence-corrected chi connectivity index (χ1v) is 5.86. The Kier molecular flexibility index (Phi) is 2.64. The smallest absolute Gasteiger partial charge is 0.0364 e. The molecule has 2 aliphatic rings. The van der Waals surface area contributed by atoms with E-state index in [9.17, 15) is 0 Å². The Balaban J connectivity index is 1.95. The lowest BCUT2D eigenvalue weighted by atomic mass is 9.84. The van der Waals surface area contributed by atoms with Gasteiger partial charge in [-0.15, -0.1) is 11.6 Å². The van der Waals surface area contributed by atoms with Crippen molar-refractivity contribution in [1.29, 1.82) is 0 Å². The summed E-state index contributed by atoms with van der Waals surface area (Å²) in [7, 11) is 0. The van der Waals surface area contributed by atoms with E-state index >= 15 is 0 Å². The molecule has 0 aromatic heterocycles. The zero-order valence-corrected chi connectivity index (χ0v) is 8.69. The van der Waals surface area contributed by atoms with Crippen LogP contribution in [-0.2, 0) is 0 Å². The molecule has 0 bridgehead atoms. The van der Waals surface area contributed by atoms with Gasteiger partial charge in [0.15, 0.2) is 0 Å². The van der Waals surface area contributed by atoms with Crippen molar-refractivity contribution in [2.75, 3.05) is 0 Å². The fraction of sp³-hybridized carbons (Fsp3) is 1.00. The van der Waals surface area contributed by atoms with Crippen LogP contribution >= 0.6 is 11.6 Å². The summed E-state index contributed by atoms with van der Waals surface area (Å²) in [5.74, 6) is 2.79. The van der Waals surface area contributed by atoms with Gasteiger partial charge in [0.05, 0.1) is 0 Å². The highest BCUT2D eigenvalue weighted by Crippen LogP contribution is 2.45. The van der Waals surface area contributed by atoms with Crippen LogP contribution < -0.4 is 0 Å². The van der Waals surface area contributed by atoms with Gasteiger partial charge in [0.2, 0.25) is 0 Å². The molecule has 3 unspecified atom stereocenters. The van der Waals surface area contributed by atoms with E-state index in [1.165, 1.54) is 38.5 Å². The maximum atomic E-state index is 6.24. The van der Waals surface area contributed by atoms with Crippen molar-refractivity contribution in [3.8, 4) is 0 Å². The molecular weight excluding hydrogens is 168 g/mol. The molecule has 3 atom stereocenters. The summed E-state index contributed by atoms with van der Waals surface area (Å²) in [6.45, 7) is 2.35. The molecule has 0 aromatic rings. The first-order chi connectivity index (χ1) is 5.79. The fourth-order valence-corrected chi connectivity index (χ4v) is 3.51. The number of rotatable bonds is 1. The van der Waals surface area contributed by atoms with Crippen LogP contribution in [0.1, 0.15) is 45.4 Å². The second-order valence-corrected chi connectivity index (χ2v) is 5.22. The molecule has 2 aliphatic carbocycles. The molecule has 12 heavy (non-hydrogen) atoms. The lowest BCUT2D eigenvalue weighted by molar-refractivity contribution is 0.281. The summed E-state index contributed by atoms with van der Waals surface area (Å²) in [6.07, 6.45) is 8.59. The lowest BCUT2D eigenvalue weighted by Crippen LogP contribution is -2.17. The van der Waals surface area contributed by atoms with Crippen LogP contribution in [0.2, 0.25) is 0 Å². The van der Waals surface area contributed by atoms with Gasteiger partial charge in [0.1, 0.15) is 0 Å². The SMILES string of the molecule is CC1C(Cl)CCC1C1CCCC1. The summed E-state index contributed by atoms with van der Waals surface area (Å²) in [5.41, 5.74) is 0. The van der Waals surface area contributed by atoms with Crippen molar-refractivity contribution in [2.24, 2.45) is 17.8 Å². The number of hydrogen-bond donors (Lipinski definition) is 0. The van der Waals surface area contributed by atoms with Crippen LogP contribution in [0.25, 0.3) is 0 Å². The second kappa shape index (κ2) is 3.57. The summed E-state index contributed by atoms with van der Waals surface area (Å²) in [5, 5.41) is 0.482. The minimum Gasteiger partial charge on any atom is -0.123 e. The van der Waals surface area contributed by atoms with Gasteiger partial charge in [-0.05, 0) is 30.6 Å². The van der Waals surface area contributed by atoms with Crippen LogP contribution in [0.4, 0.5) is 0 Å². The van der Waals surface area contributed by atoms with E-state index in [0.717, 1.165) is 17.8 Å². The molecule has 0 heterocycles. The Morgan fingerprint density at radius 3 is 2.17 bits per heavy atom. The predicted octanol–water partition coefficient (Wildman–Crippen LogP) is 3.83. The van der Waals surface area contributed by atoms with Crippen LogP contribution in [0.5, 0.6) is 0 Å². The number of hydrogen-bond acceptors (Lipinski definition) is 0. The van der Waals surface area contributed by atoms with Gasteiger partial charge in [-0.25, -0.2) is 0 Å². The standard InChI is InChI=1S/C11H19Cl/c1-8-10(6-7-11(8)12)9-4-2-3-5-9/h8-11H,2-7H2,1H3. The maximum absolute atomic E-state index is 6.24. The molecule has 70 valence electrons. The summed E-state index contributed by atoms with van der Waals surface area (Å²) in [4.78, 5) is 0. The summed E-state index contributed by atoms with van der Waals surface area (Å²) >= 11 is 6.24. The molecule has 0 amide bonds. The zero-order valence-electron chi connectivity index (χ0n) is 7.93. The Morgan fingerprint density at radius 2 is 1.67 bits per heavy atom. The molecule has 2 rings (SSSR count). The van der Waals surface area contributed by atoms with E-state index in [1.54, 1.807) is 0 Å². The topological polar surface area (TPSA) is 0 Å². The van der Waals surface area contributed by atoms with Crippen molar-refractivity contribution in [2.45, 2.75) is 50.8 Å². The third-order valence-electron chi connectivity index (χ3n) is 4.03. The summed E-state index contributed by atoms with van der Waals surface area (Å²) < 4.78 is 0. The third kappa shape index (κ3) is 1.51. The van der Waals surface area contributed by atoms with E-state index in [-0.39, 0.29) is 0 Å². The van der Waals surface area contributed by atoms with Crippen molar-refractivity contribution in [3.05, 3.63) is 0 Å². The van der Waals surface area contributed by atoms with Crippen molar-refractivity contribution in [3.63, 3.8) is 0 Å². The molecule has 0 radical (unpaired) electrons. The predicted molar refractivity (Wildman–Crippen MR) is 53.5 cm³/mol. The van der Waals surface area contributed by atoms with E-state index in [0.29, 0.717) is 5.38 Å². The monoisotopic (exact) mass is 186 g/mol. The third-order valence-corrected chi connectivity index (χ3v) is 4.64. The molecule has 0 saturated heterocycles. The molecule has 2 fully saturated rings. The van der Waals surface area contributed by atoms with Crippen molar-refractivity contribution >= 4 is 11.6 Å². The molecule has 0 aromatic carbocycles. The van der Waals surface area contributed by atoms with Crippen LogP contribution in [0, 0.1) is 17.8 Å². The average Bonchev–Trinajstić information content (AvgIpc) is 2.64. The molecule has 2 saturated carbocycles. The van der Waals surface area contributed by atoms with Crippen molar-refractivity contribution in [1.82, 2.24) is 0 Å². The summed E-state index contributed by atoms with van der Waals surface area (Å²) in [6, 6.07) is 0. The van der Waals surface area contributed by atoms with Gasteiger partial charge >= 0.3 is 0 Å². The molecule has 1 heteroatoms. The van der Waals surface area contributed by atoms with E-state index < -0.39 is 0 Å². The molecule has 0 spiro atoms. The first-order valence-electron chi connectivity index (χ1n) is 5.43. The fourth-order valence-electron chi connectivity index (χ4n) is 3.20.